The number of benzene rings is 1. The van der Waals surface area contributed by atoms with Gasteiger partial charge in [0.05, 0.1) is 0 Å². The number of hydrogen-bond donors (Lipinski definition) is 1. The zero-order valence-corrected chi connectivity index (χ0v) is 9.29. The first-order chi connectivity index (χ1) is 8.15. The van der Waals surface area contributed by atoms with Crippen LogP contribution in [0.5, 0.6) is 11.5 Å². The zero-order valence-electron chi connectivity index (χ0n) is 9.29. The molecule has 1 atom stereocenters. The molecular weight excluding hydrogens is 220 g/mol. The third kappa shape index (κ3) is 2.87. The molecule has 2 rings (SSSR count). The summed E-state index contributed by atoms with van der Waals surface area (Å²) >= 11 is 0. The van der Waals surface area contributed by atoms with Crippen molar-refractivity contribution in [3.8, 4) is 11.5 Å². The van der Waals surface area contributed by atoms with Crippen LogP contribution in [0.1, 0.15) is 12.5 Å². The monoisotopic (exact) mass is 232 g/mol. The first-order valence-electron chi connectivity index (χ1n) is 5.20. The molecule has 1 aromatic carbocycles. The van der Waals surface area contributed by atoms with Crippen LogP contribution in [0.2, 0.25) is 0 Å². The molecule has 1 heterocycles. The molecule has 0 bridgehead atoms. The van der Waals surface area contributed by atoms with Crippen molar-refractivity contribution >= 4 is 12.0 Å². The van der Waals surface area contributed by atoms with Gasteiger partial charge in [0.2, 0.25) is 6.29 Å². The largest absolute Gasteiger partial charge is 0.478 e. The molecule has 0 aliphatic carbocycles. The Kier molecular flexibility index (Phi) is 3.14. The standard InChI is InChI=1S/C13H12O4/c1-9-16-11-7-6-10(8-12(11)17-9)4-2-3-5-13(14)15/h2-9H,1H3,(H,14,15). The maximum Gasteiger partial charge on any atom is 0.328 e. The van der Waals surface area contributed by atoms with Gasteiger partial charge in [0.15, 0.2) is 11.5 Å². The highest BCUT2D eigenvalue weighted by molar-refractivity contribution is 5.80. The third-order valence-corrected chi connectivity index (χ3v) is 2.19. The number of fused-ring (bicyclic) bond motifs is 1. The van der Waals surface area contributed by atoms with E-state index in [0.29, 0.717) is 5.75 Å². The summed E-state index contributed by atoms with van der Waals surface area (Å²) in [4.78, 5) is 10.2. The molecule has 1 aromatic rings. The average molecular weight is 232 g/mol. The molecule has 4 heteroatoms. The van der Waals surface area contributed by atoms with Crippen LogP contribution in [-0.2, 0) is 4.79 Å². The van der Waals surface area contributed by atoms with Crippen molar-refractivity contribution in [2.75, 3.05) is 0 Å². The fourth-order valence-electron chi connectivity index (χ4n) is 1.50. The summed E-state index contributed by atoms with van der Waals surface area (Å²) < 4.78 is 10.8. The Hall–Kier alpha value is -2.23. The number of rotatable bonds is 3. The maximum absolute atomic E-state index is 10.2. The quantitative estimate of drug-likeness (QED) is 0.642. The number of carboxylic acids is 1. The van der Waals surface area contributed by atoms with E-state index in [2.05, 4.69) is 0 Å². The summed E-state index contributed by atoms with van der Waals surface area (Å²) in [5, 5.41) is 8.41. The minimum Gasteiger partial charge on any atom is -0.478 e. The Morgan fingerprint density at radius 1 is 1.29 bits per heavy atom. The van der Waals surface area contributed by atoms with Crippen LogP contribution >= 0.6 is 0 Å². The van der Waals surface area contributed by atoms with Gasteiger partial charge in [-0.1, -0.05) is 24.3 Å². The molecular formula is C13H12O4. The lowest BCUT2D eigenvalue weighted by Gasteiger charge is -1.99. The van der Waals surface area contributed by atoms with Crippen LogP contribution in [0.4, 0.5) is 0 Å². The molecule has 0 saturated heterocycles. The molecule has 1 N–H and O–H groups in total. The van der Waals surface area contributed by atoms with Gasteiger partial charge in [0.1, 0.15) is 0 Å². The maximum atomic E-state index is 10.2. The van der Waals surface area contributed by atoms with E-state index < -0.39 is 5.97 Å². The van der Waals surface area contributed by atoms with Crippen LogP contribution in [-0.4, -0.2) is 17.4 Å². The highest BCUT2D eigenvalue weighted by atomic mass is 16.7. The van der Waals surface area contributed by atoms with E-state index in [-0.39, 0.29) is 6.29 Å². The van der Waals surface area contributed by atoms with Crippen molar-refractivity contribution in [3.05, 3.63) is 42.0 Å². The van der Waals surface area contributed by atoms with Gasteiger partial charge in [-0.15, -0.1) is 0 Å². The van der Waals surface area contributed by atoms with Crippen molar-refractivity contribution in [2.24, 2.45) is 0 Å². The molecule has 1 aliphatic heterocycles. The van der Waals surface area contributed by atoms with E-state index >= 15 is 0 Å². The summed E-state index contributed by atoms with van der Waals surface area (Å²) in [6, 6.07) is 5.56. The molecule has 0 radical (unpaired) electrons. The van der Waals surface area contributed by atoms with Crippen molar-refractivity contribution in [1.82, 2.24) is 0 Å². The molecule has 0 amide bonds. The molecule has 4 nitrogen and oxygen atoms in total. The lowest BCUT2D eigenvalue weighted by molar-refractivity contribution is -0.131. The second-order valence-electron chi connectivity index (χ2n) is 3.57. The first-order valence-corrected chi connectivity index (χ1v) is 5.20. The van der Waals surface area contributed by atoms with E-state index in [0.717, 1.165) is 17.4 Å². The fourth-order valence-corrected chi connectivity index (χ4v) is 1.50. The topological polar surface area (TPSA) is 55.8 Å². The van der Waals surface area contributed by atoms with Gasteiger partial charge >= 0.3 is 5.97 Å². The molecule has 0 fully saturated rings. The minimum absolute atomic E-state index is 0.254. The first kappa shape index (κ1) is 11.3. The molecule has 1 aliphatic rings. The Bertz CT molecular complexity index is 488. The van der Waals surface area contributed by atoms with Gasteiger partial charge in [0, 0.05) is 13.0 Å². The van der Waals surface area contributed by atoms with E-state index in [9.17, 15) is 4.79 Å². The second-order valence-corrected chi connectivity index (χ2v) is 3.57. The number of aliphatic carboxylic acids is 1. The van der Waals surface area contributed by atoms with Gasteiger partial charge in [-0.05, 0) is 17.7 Å². The number of carboxylic acid groups (broad SMARTS) is 1. The van der Waals surface area contributed by atoms with E-state index in [1.165, 1.54) is 6.08 Å². The Labute approximate surface area is 98.8 Å². The smallest absolute Gasteiger partial charge is 0.328 e. The van der Waals surface area contributed by atoms with Crippen LogP contribution in [0.3, 0.4) is 0 Å². The van der Waals surface area contributed by atoms with Crippen molar-refractivity contribution in [3.63, 3.8) is 0 Å². The predicted octanol–water partition coefficient (Wildman–Crippen LogP) is 2.46. The summed E-state index contributed by atoms with van der Waals surface area (Å²) in [7, 11) is 0. The summed E-state index contributed by atoms with van der Waals surface area (Å²) in [5.41, 5.74) is 0.927. The fraction of sp³-hybridized carbons (Fsp3) is 0.154. The zero-order chi connectivity index (χ0) is 12.3. The molecule has 88 valence electrons. The van der Waals surface area contributed by atoms with Crippen LogP contribution in [0, 0.1) is 0 Å². The summed E-state index contributed by atoms with van der Waals surface area (Å²) in [6.07, 6.45) is 5.75. The Balaban J connectivity index is 2.09. The van der Waals surface area contributed by atoms with Gasteiger partial charge in [-0.3, -0.25) is 0 Å². The summed E-state index contributed by atoms with van der Waals surface area (Å²) in [5.74, 6) is 0.478. The number of carbonyl (C=O) groups is 1. The van der Waals surface area contributed by atoms with Gasteiger partial charge in [0.25, 0.3) is 0 Å². The van der Waals surface area contributed by atoms with Gasteiger partial charge < -0.3 is 14.6 Å². The number of allylic oxidation sites excluding steroid dienone is 2. The van der Waals surface area contributed by atoms with Gasteiger partial charge in [-0.25, -0.2) is 4.79 Å². The van der Waals surface area contributed by atoms with Crippen LogP contribution < -0.4 is 9.47 Å². The number of ether oxygens (including phenoxy) is 2. The van der Waals surface area contributed by atoms with E-state index in [1.807, 2.05) is 25.1 Å². The average Bonchev–Trinajstić information content (AvgIpc) is 2.63. The summed E-state index contributed by atoms with van der Waals surface area (Å²) in [6.45, 7) is 1.82. The molecule has 0 spiro atoms. The molecule has 1 unspecified atom stereocenters. The van der Waals surface area contributed by atoms with Crippen LogP contribution in [0.25, 0.3) is 6.08 Å². The highest BCUT2D eigenvalue weighted by Gasteiger charge is 2.19. The van der Waals surface area contributed by atoms with E-state index in [1.54, 1.807) is 12.2 Å². The Morgan fingerprint density at radius 2 is 2.06 bits per heavy atom. The predicted molar refractivity (Wildman–Crippen MR) is 63.0 cm³/mol. The van der Waals surface area contributed by atoms with Crippen molar-refractivity contribution < 1.29 is 19.4 Å². The Morgan fingerprint density at radius 3 is 2.82 bits per heavy atom. The lowest BCUT2D eigenvalue weighted by Crippen LogP contribution is -2.11. The van der Waals surface area contributed by atoms with Gasteiger partial charge in [-0.2, -0.15) is 0 Å². The minimum atomic E-state index is -0.964. The van der Waals surface area contributed by atoms with Crippen molar-refractivity contribution in [2.45, 2.75) is 13.2 Å². The van der Waals surface area contributed by atoms with Crippen LogP contribution in [0.15, 0.2) is 36.4 Å². The molecule has 0 aromatic heterocycles. The molecule has 0 saturated carbocycles. The number of hydrogen-bond acceptors (Lipinski definition) is 3. The lowest BCUT2D eigenvalue weighted by atomic mass is 10.2. The van der Waals surface area contributed by atoms with E-state index in [4.69, 9.17) is 14.6 Å². The molecule has 17 heavy (non-hydrogen) atoms. The SMILES string of the molecule is CC1Oc2ccc(C=CC=CC(=O)O)cc2O1. The highest BCUT2D eigenvalue weighted by Crippen LogP contribution is 2.35. The second kappa shape index (κ2) is 4.74. The van der Waals surface area contributed by atoms with Crippen molar-refractivity contribution in [1.29, 1.82) is 0 Å². The normalized spacial score (nSPS) is 18.1. The third-order valence-electron chi connectivity index (χ3n) is 2.19.